The van der Waals surface area contributed by atoms with E-state index in [-0.39, 0.29) is 12.8 Å². The molecule has 2 rings (SSSR count). The summed E-state index contributed by atoms with van der Waals surface area (Å²) in [6.45, 7) is 2.00. The van der Waals surface area contributed by atoms with Crippen LogP contribution in [0.4, 0.5) is 0 Å². The van der Waals surface area contributed by atoms with Crippen molar-refractivity contribution in [2.45, 2.75) is 49.9 Å². The zero-order valence-corrected chi connectivity index (χ0v) is 12.2. The van der Waals surface area contributed by atoms with Crippen molar-refractivity contribution >= 4 is 11.6 Å². The maximum absolute atomic E-state index is 11.9. The Hall–Kier alpha value is -2.06. The Bertz CT molecular complexity index is 581. The fourth-order valence-corrected chi connectivity index (χ4v) is 3.19. The van der Waals surface area contributed by atoms with Crippen LogP contribution in [0.3, 0.4) is 0 Å². The molecule has 1 heterocycles. The molecule has 120 valence electrons. The number of rotatable bonds is 4. The van der Waals surface area contributed by atoms with Crippen LogP contribution in [0, 0.1) is 10.1 Å². The summed E-state index contributed by atoms with van der Waals surface area (Å²) in [5.74, 6) is -2.08. The lowest BCUT2D eigenvalue weighted by molar-refractivity contribution is -0.564. The first kappa shape index (κ1) is 16.3. The first-order valence-corrected chi connectivity index (χ1v) is 6.76. The minimum Gasteiger partial charge on any atom is -0.469 e. The van der Waals surface area contributed by atoms with Crippen LogP contribution in [0.2, 0.25) is 0 Å². The fourth-order valence-electron chi connectivity index (χ4n) is 3.19. The van der Waals surface area contributed by atoms with Crippen LogP contribution in [0.15, 0.2) is 22.8 Å². The molecule has 0 spiro atoms. The zero-order chi connectivity index (χ0) is 16.7. The molecule has 8 nitrogen and oxygen atoms in total. The highest BCUT2D eigenvalue weighted by molar-refractivity contribution is 5.91. The molecule has 0 aliphatic heterocycles. The summed E-state index contributed by atoms with van der Waals surface area (Å²) in [4.78, 5) is 34.1. The first-order chi connectivity index (χ1) is 10.1. The maximum Gasteiger partial charge on any atom is 0.283 e. The largest absolute Gasteiger partial charge is 0.469 e. The van der Waals surface area contributed by atoms with E-state index in [4.69, 9.17) is 4.42 Å². The summed E-state index contributed by atoms with van der Waals surface area (Å²) >= 11 is 0. The lowest BCUT2D eigenvalue weighted by Gasteiger charge is -2.44. The van der Waals surface area contributed by atoms with Crippen LogP contribution in [-0.2, 0) is 9.59 Å². The third-order valence-corrected chi connectivity index (χ3v) is 4.40. The van der Waals surface area contributed by atoms with E-state index in [1.165, 1.54) is 6.26 Å². The van der Waals surface area contributed by atoms with Gasteiger partial charge >= 0.3 is 0 Å². The van der Waals surface area contributed by atoms with Gasteiger partial charge in [0.2, 0.25) is 0 Å². The second kappa shape index (κ2) is 5.29. The van der Waals surface area contributed by atoms with E-state index in [9.17, 15) is 29.9 Å². The number of nitrogens with zero attached hydrogens (tertiary/aromatic N) is 1. The number of aliphatic hydroxyl groups is 2. The second-order valence-electron chi connectivity index (χ2n) is 5.77. The van der Waals surface area contributed by atoms with Crippen molar-refractivity contribution in [3.8, 4) is 0 Å². The highest BCUT2D eigenvalue weighted by atomic mass is 16.6. The quantitative estimate of drug-likeness (QED) is 0.609. The zero-order valence-electron chi connectivity index (χ0n) is 12.2. The maximum atomic E-state index is 11.9. The van der Waals surface area contributed by atoms with Gasteiger partial charge in [-0.25, -0.2) is 0 Å². The van der Waals surface area contributed by atoms with Gasteiger partial charge in [0.25, 0.3) is 6.04 Å². The van der Waals surface area contributed by atoms with Crippen molar-refractivity contribution in [1.29, 1.82) is 0 Å². The summed E-state index contributed by atoms with van der Waals surface area (Å²) in [5.41, 5.74) is -4.89. The number of carbonyl (C=O) groups excluding carboxylic acids is 2. The Labute approximate surface area is 125 Å². The smallest absolute Gasteiger partial charge is 0.283 e. The third kappa shape index (κ3) is 2.34. The Kier molecular flexibility index (Phi) is 3.92. The van der Waals surface area contributed by atoms with E-state index in [0.717, 1.165) is 13.8 Å². The van der Waals surface area contributed by atoms with E-state index in [0.29, 0.717) is 5.76 Å². The van der Waals surface area contributed by atoms with Gasteiger partial charge in [-0.2, -0.15) is 0 Å². The number of carbonyl (C=O) groups is 2. The molecule has 0 bridgehead atoms. The minimum atomic E-state index is -2.44. The van der Waals surface area contributed by atoms with E-state index >= 15 is 0 Å². The average molecular weight is 311 g/mol. The van der Waals surface area contributed by atoms with Crippen molar-refractivity contribution in [3.05, 3.63) is 34.3 Å². The van der Waals surface area contributed by atoms with E-state index in [2.05, 4.69) is 0 Å². The lowest BCUT2D eigenvalue weighted by atomic mass is 9.63. The van der Waals surface area contributed by atoms with Gasteiger partial charge in [0, 0.05) is 23.7 Å². The molecule has 2 N–H and O–H groups in total. The molecule has 1 aromatic heterocycles. The standard InChI is InChI=1S/C14H17NO7/c1-8(16)13(18)6-10(11-4-3-5-22-11)7-14(19,9(2)17)12(13)15(20)21/h3-5,10,12,18-19H,6-7H2,1-2H3/t10-,12-,13+,14-. The Morgan fingerprint density at radius 1 is 1.27 bits per heavy atom. The van der Waals surface area contributed by atoms with Crippen LogP contribution >= 0.6 is 0 Å². The van der Waals surface area contributed by atoms with Gasteiger partial charge in [-0.05, 0) is 26.0 Å². The Morgan fingerprint density at radius 2 is 1.77 bits per heavy atom. The van der Waals surface area contributed by atoms with Gasteiger partial charge in [-0.1, -0.05) is 0 Å². The number of Topliss-reactive ketones (excluding diaryl/α,β-unsaturated/α-hetero) is 2. The molecule has 0 radical (unpaired) electrons. The van der Waals surface area contributed by atoms with Crippen LogP contribution in [0.5, 0.6) is 0 Å². The SMILES string of the molecule is CC(=O)[C@]1(O)C[C@H](c2ccco2)C[C@](O)(C(C)=O)[C@H]1[N+](=O)[O-]. The van der Waals surface area contributed by atoms with E-state index in [1.54, 1.807) is 12.1 Å². The molecule has 22 heavy (non-hydrogen) atoms. The van der Waals surface area contributed by atoms with Crippen molar-refractivity contribution in [1.82, 2.24) is 0 Å². The highest BCUT2D eigenvalue weighted by Crippen LogP contribution is 2.46. The molecule has 8 heteroatoms. The van der Waals surface area contributed by atoms with Crippen molar-refractivity contribution < 1.29 is 29.1 Å². The summed E-state index contributed by atoms with van der Waals surface area (Å²) in [7, 11) is 0. The minimum absolute atomic E-state index is 0.295. The van der Waals surface area contributed by atoms with Crippen LogP contribution < -0.4 is 0 Å². The van der Waals surface area contributed by atoms with Crippen molar-refractivity contribution in [2.75, 3.05) is 0 Å². The predicted octanol–water partition coefficient (Wildman–Crippen LogP) is 0.442. The second-order valence-corrected chi connectivity index (χ2v) is 5.77. The van der Waals surface area contributed by atoms with Crippen LogP contribution in [0.25, 0.3) is 0 Å². The Morgan fingerprint density at radius 3 is 2.09 bits per heavy atom. The van der Waals surface area contributed by atoms with Crippen LogP contribution in [0.1, 0.15) is 38.4 Å². The summed E-state index contributed by atoms with van der Waals surface area (Å²) in [6.07, 6.45) is 0.780. The van der Waals surface area contributed by atoms with E-state index < -0.39 is 39.7 Å². The fraction of sp³-hybridized carbons (Fsp3) is 0.571. The van der Waals surface area contributed by atoms with E-state index in [1.807, 2.05) is 0 Å². The molecule has 1 aliphatic carbocycles. The molecule has 4 atom stereocenters. The lowest BCUT2D eigenvalue weighted by Crippen LogP contribution is -2.69. The molecular weight excluding hydrogens is 294 g/mol. The highest BCUT2D eigenvalue weighted by Gasteiger charge is 2.67. The number of nitro groups is 1. The summed E-state index contributed by atoms with van der Waals surface area (Å²) in [6, 6.07) is 1.04. The van der Waals surface area contributed by atoms with Crippen LogP contribution in [-0.4, -0.2) is 43.9 Å². The van der Waals surface area contributed by atoms with Gasteiger partial charge in [0.1, 0.15) is 5.76 Å². The number of hydrogen-bond donors (Lipinski definition) is 2. The third-order valence-electron chi connectivity index (χ3n) is 4.40. The van der Waals surface area contributed by atoms with Gasteiger partial charge in [-0.15, -0.1) is 0 Å². The molecule has 0 aromatic carbocycles. The number of furan rings is 1. The molecular formula is C14H17NO7. The van der Waals surface area contributed by atoms with Gasteiger partial charge < -0.3 is 14.6 Å². The molecule has 0 saturated heterocycles. The number of ketones is 2. The van der Waals surface area contributed by atoms with Gasteiger partial charge in [-0.3, -0.25) is 19.7 Å². The molecule has 1 aromatic rings. The van der Waals surface area contributed by atoms with Crippen molar-refractivity contribution in [2.24, 2.45) is 0 Å². The Balaban J connectivity index is 2.58. The summed E-state index contributed by atoms with van der Waals surface area (Å²) in [5, 5.41) is 32.5. The topological polar surface area (TPSA) is 131 Å². The predicted molar refractivity (Wildman–Crippen MR) is 72.7 cm³/mol. The monoisotopic (exact) mass is 311 g/mol. The average Bonchev–Trinajstić information content (AvgIpc) is 2.90. The van der Waals surface area contributed by atoms with Gasteiger partial charge in [0.15, 0.2) is 22.8 Å². The molecule has 0 amide bonds. The number of hydrogen-bond acceptors (Lipinski definition) is 7. The molecule has 0 unspecified atom stereocenters. The first-order valence-electron chi connectivity index (χ1n) is 6.76. The van der Waals surface area contributed by atoms with Crippen molar-refractivity contribution in [3.63, 3.8) is 0 Å². The molecule has 1 saturated carbocycles. The van der Waals surface area contributed by atoms with Gasteiger partial charge in [0.05, 0.1) is 6.26 Å². The molecule has 1 fully saturated rings. The summed E-state index contributed by atoms with van der Waals surface area (Å²) < 4.78 is 5.20. The normalized spacial score (nSPS) is 35.1. The molecule has 1 aliphatic rings.